The minimum atomic E-state index is -0.368. The van der Waals surface area contributed by atoms with E-state index in [9.17, 15) is 15.0 Å². The third-order valence-electron chi connectivity index (χ3n) is 4.55. The minimum absolute atomic E-state index is 0.105. The van der Waals surface area contributed by atoms with E-state index in [1.807, 2.05) is 19.1 Å². The smallest absolute Gasteiger partial charge is 0.273 e. The number of aromatic nitrogens is 2. The van der Waals surface area contributed by atoms with Crippen molar-refractivity contribution in [2.45, 2.75) is 13.0 Å². The molecule has 0 saturated carbocycles. The molecule has 1 aromatic heterocycles. The highest BCUT2D eigenvalue weighted by atomic mass is 16.3. The lowest BCUT2D eigenvalue weighted by molar-refractivity contribution is 0.0753. The summed E-state index contributed by atoms with van der Waals surface area (Å²) in [7, 11) is 0. The molecule has 3 aromatic rings. The molecule has 1 atom stereocenters. The van der Waals surface area contributed by atoms with Gasteiger partial charge in [-0.1, -0.05) is 24.3 Å². The number of para-hydroxylation sites is 1. The van der Waals surface area contributed by atoms with E-state index in [0.29, 0.717) is 23.5 Å². The molecule has 25 heavy (non-hydrogen) atoms. The van der Waals surface area contributed by atoms with E-state index in [4.69, 9.17) is 0 Å². The van der Waals surface area contributed by atoms with E-state index in [2.05, 4.69) is 10.2 Å². The molecule has 0 bridgehead atoms. The van der Waals surface area contributed by atoms with Crippen LogP contribution in [0.3, 0.4) is 0 Å². The molecule has 0 saturated heterocycles. The number of rotatable bonds is 3. The predicted octanol–water partition coefficient (Wildman–Crippen LogP) is 3.05. The number of aromatic amines is 1. The summed E-state index contributed by atoms with van der Waals surface area (Å²) in [6, 6.07) is 13.4. The number of fused-ring (bicyclic) bond motifs is 1. The molecule has 0 aliphatic carbocycles. The first-order valence-corrected chi connectivity index (χ1v) is 8.08. The van der Waals surface area contributed by atoms with Crippen LogP contribution in [0.1, 0.15) is 34.6 Å². The Hall–Kier alpha value is -3.28. The molecule has 0 radical (unpaired) electrons. The molecule has 1 amide bonds. The van der Waals surface area contributed by atoms with Crippen molar-refractivity contribution in [3.05, 3.63) is 65.4 Å². The number of aromatic hydroxyl groups is 2. The number of carbonyl (C=O) groups is 1. The molecule has 6 heteroatoms. The average molecular weight is 335 g/mol. The summed E-state index contributed by atoms with van der Waals surface area (Å²) in [4.78, 5) is 14.5. The van der Waals surface area contributed by atoms with Gasteiger partial charge in [0.2, 0.25) is 0 Å². The highest BCUT2D eigenvalue weighted by molar-refractivity contribution is 6.00. The maximum absolute atomic E-state index is 12.8. The summed E-state index contributed by atoms with van der Waals surface area (Å²) >= 11 is 0. The van der Waals surface area contributed by atoms with Crippen LogP contribution >= 0.6 is 0 Å². The fourth-order valence-corrected chi connectivity index (χ4v) is 3.44. The Balaban J connectivity index is 1.95. The third-order valence-corrected chi connectivity index (χ3v) is 4.55. The molecular formula is C19H17N3O3. The first-order chi connectivity index (χ1) is 12.1. The molecule has 1 aliphatic rings. The number of hydrogen-bond acceptors (Lipinski definition) is 4. The van der Waals surface area contributed by atoms with Gasteiger partial charge >= 0.3 is 0 Å². The first-order valence-electron chi connectivity index (χ1n) is 8.08. The highest BCUT2D eigenvalue weighted by Gasteiger charge is 2.41. The summed E-state index contributed by atoms with van der Waals surface area (Å²) in [6.07, 6.45) is 0. The summed E-state index contributed by atoms with van der Waals surface area (Å²) in [5.41, 5.74) is 3.06. The van der Waals surface area contributed by atoms with Crippen LogP contribution in [-0.2, 0) is 0 Å². The molecule has 0 unspecified atom stereocenters. The summed E-state index contributed by atoms with van der Waals surface area (Å²) in [5, 5.41) is 27.2. The number of H-pyrrole nitrogens is 1. The lowest BCUT2D eigenvalue weighted by atomic mass is 9.95. The molecule has 0 spiro atoms. The fraction of sp³-hybridized carbons (Fsp3) is 0.158. The van der Waals surface area contributed by atoms with E-state index >= 15 is 0 Å². The lowest BCUT2D eigenvalue weighted by Crippen LogP contribution is -2.29. The van der Waals surface area contributed by atoms with Gasteiger partial charge in [0, 0.05) is 17.7 Å². The molecule has 2 heterocycles. The van der Waals surface area contributed by atoms with Crippen LogP contribution in [-0.4, -0.2) is 37.8 Å². The average Bonchev–Trinajstić information content (AvgIpc) is 3.14. The van der Waals surface area contributed by atoms with Crippen LogP contribution in [0.2, 0.25) is 0 Å². The van der Waals surface area contributed by atoms with E-state index < -0.39 is 0 Å². The molecule has 3 N–H and O–H groups in total. The zero-order valence-corrected chi connectivity index (χ0v) is 13.6. The predicted molar refractivity (Wildman–Crippen MR) is 92.3 cm³/mol. The van der Waals surface area contributed by atoms with E-state index in [1.165, 1.54) is 0 Å². The van der Waals surface area contributed by atoms with Gasteiger partial charge in [-0.05, 0) is 36.8 Å². The van der Waals surface area contributed by atoms with E-state index in [0.717, 1.165) is 11.1 Å². The number of nitrogens with one attached hydrogen (secondary N) is 1. The third kappa shape index (κ3) is 2.26. The van der Waals surface area contributed by atoms with Crippen molar-refractivity contribution in [1.29, 1.82) is 0 Å². The second-order valence-corrected chi connectivity index (χ2v) is 5.97. The van der Waals surface area contributed by atoms with Gasteiger partial charge in [0.15, 0.2) is 0 Å². The van der Waals surface area contributed by atoms with Crippen molar-refractivity contribution in [2.75, 3.05) is 6.54 Å². The van der Waals surface area contributed by atoms with Crippen molar-refractivity contribution in [1.82, 2.24) is 15.1 Å². The molecule has 0 fully saturated rings. The van der Waals surface area contributed by atoms with Gasteiger partial charge in [0.25, 0.3) is 5.91 Å². The molecule has 4 rings (SSSR count). The van der Waals surface area contributed by atoms with E-state index in [1.54, 1.807) is 41.3 Å². The fourth-order valence-electron chi connectivity index (χ4n) is 3.44. The van der Waals surface area contributed by atoms with Crippen LogP contribution in [0.4, 0.5) is 0 Å². The number of carbonyl (C=O) groups excluding carboxylic acids is 1. The highest BCUT2D eigenvalue weighted by Crippen LogP contribution is 2.44. The molecular weight excluding hydrogens is 318 g/mol. The van der Waals surface area contributed by atoms with Crippen LogP contribution in [0.15, 0.2) is 48.5 Å². The largest absolute Gasteiger partial charge is 0.508 e. The van der Waals surface area contributed by atoms with Gasteiger partial charge in [-0.3, -0.25) is 9.89 Å². The molecule has 2 aromatic carbocycles. The van der Waals surface area contributed by atoms with Crippen LogP contribution in [0.5, 0.6) is 11.5 Å². The van der Waals surface area contributed by atoms with Gasteiger partial charge in [-0.2, -0.15) is 5.10 Å². The number of hydrogen-bond donors (Lipinski definition) is 3. The maximum Gasteiger partial charge on any atom is 0.273 e. The monoisotopic (exact) mass is 335 g/mol. The number of nitrogens with zero attached hydrogens (tertiary/aromatic N) is 2. The van der Waals surface area contributed by atoms with Gasteiger partial charge < -0.3 is 15.1 Å². The second-order valence-electron chi connectivity index (χ2n) is 5.97. The van der Waals surface area contributed by atoms with Crippen molar-refractivity contribution in [3.63, 3.8) is 0 Å². The van der Waals surface area contributed by atoms with Gasteiger partial charge in [-0.15, -0.1) is 0 Å². The topological polar surface area (TPSA) is 89.5 Å². The Morgan fingerprint density at radius 2 is 1.96 bits per heavy atom. The van der Waals surface area contributed by atoms with Crippen molar-refractivity contribution >= 4 is 5.91 Å². The molecule has 126 valence electrons. The zero-order valence-electron chi connectivity index (χ0n) is 13.6. The quantitative estimate of drug-likeness (QED) is 0.686. The second kappa shape index (κ2) is 5.66. The number of phenols is 2. The standard InChI is InChI=1S/C19H17N3O3/c1-2-22-18(11-6-5-7-12(23)10-11)15-16(20-21-17(15)19(22)25)13-8-3-4-9-14(13)24/h3-10,18,23-24H,2H2,1H3,(H,20,21)/t18-/m0/s1. The Bertz CT molecular complexity index is 964. The van der Waals surface area contributed by atoms with E-state index in [-0.39, 0.29) is 23.4 Å². The first kappa shape index (κ1) is 15.3. The maximum atomic E-state index is 12.8. The zero-order chi connectivity index (χ0) is 17.6. The molecule has 6 nitrogen and oxygen atoms in total. The Labute approximate surface area is 144 Å². The normalized spacial score (nSPS) is 16.3. The lowest BCUT2D eigenvalue weighted by Gasteiger charge is -2.25. The SMILES string of the molecule is CCN1C(=O)c2[nH]nc(-c3ccccc3O)c2[C@@H]1c1cccc(O)c1. The summed E-state index contributed by atoms with van der Waals surface area (Å²) in [5.74, 6) is 0.107. The van der Waals surface area contributed by atoms with Crippen molar-refractivity contribution in [3.8, 4) is 22.8 Å². The number of phenolic OH excluding ortho intramolecular Hbond substituents is 2. The van der Waals surface area contributed by atoms with Crippen LogP contribution in [0, 0.1) is 0 Å². The number of benzene rings is 2. The van der Waals surface area contributed by atoms with Gasteiger partial charge in [0.1, 0.15) is 22.9 Å². The molecule has 1 aliphatic heterocycles. The van der Waals surface area contributed by atoms with Crippen LogP contribution in [0.25, 0.3) is 11.3 Å². The number of amides is 1. The van der Waals surface area contributed by atoms with Crippen molar-refractivity contribution in [2.24, 2.45) is 0 Å². The van der Waals surface area contributed by atoms with Gasteiger partial charge in [0.05, 0.1) is 6.04 Å². The van der Waals surface area contributed by atoms with Crippen LogP contribution < -0.4 is 0 Å². The van der Waals surface area contributed by atoms with Gasteiger partial charge in [-0.25, -0.2) is 0 Å². The summed E-state index contributed by atoms with van der Waals surface area (Å²) < 4.78 is 0. The minimum Gasteiger partial charge on any atom is -0.508 e. The van der Waals surface area contributed by atoms with Crippen molar-refractivity contribution < 1.29 is 15.0 Å². The Morgan fingerprint density at radius 1 is 1.16 bits per heavy atom. The Kier molecular flexibility index (Phi) is 3.46. The Morgan fingerprint density at radius 3 is 2.68 bits per heavy atom. The summed E-state index contributed by atoms with van der Waals surface area (Å²) in [6.45, 7) is 2.43.